The molecule has 0 N–H and O–H groups in total. The van der Waals surface area contributed by atoms with Crippen LogP contribution in [0, 0.1) is 11.8 Å². The van der Waals surface area contributed by atoms with E-state index in [0.717, 1.165) is 23.5 Å². The van der Waals surface area contributed by atoms with Gasteiger partial charge in [0.1, 0.15) is 11.0 Å². The van der Waals surface area contributed by atoms with E-state index in [0.29, 0.717) is 13.2 Å². The van der Waals surface area contributed by atoms with Gasteiger partial charge in [0.2, 0.25) is 0 Å². The first-order valence-electron chi connectivity index (χ1n) is 11.2. The molecule has 2 aromatic rings. The van der Waals surface area contributed by atoms with Crippen molar-refractivity contribution in [1.82, 2.24) is 0 Å². The number of thioether (sulfide) groups is 1. The molecule has 2 rings (SSSR count). The third kappa shape index (κ3) is 8.36. The van der Waals surface area contributed by atoms with Crippen LogP contribution in [0.1, 0.15) is 32.8 Å². The summed E-state index contributed by atoms with van der Waals surface area (Å²) in [4.78, 5) is 14.1. The van der Waals surface area contributed by atoms with Crippen molar-refractivity contribution in [3.63, 3.8) is 0 Å². The number of benzene rings is 2. The predicted octanol–water partition coefficient (Wildman–Crippen LogP) is 6.20. The van der Waals surface area contributed by atoms with E-state index in [1.54, 1.807) is 26.0 Å². The molecule has 0 amide bonds. The van der Waals surface area contributed by atoms with E-state index in [-0.39, 0.29) is 23.1 Å². The Morgan fingerprint density at radius 3 is 2.34 bits per heavy atom. The molecule has 5 heteroatoms. The molecule has 0 aliphatic carbocycles. The molecule has 0 aliphatic rings. The number of hydrogen-bond acceptors (Lipinski definition) is 5. The summed E-state index contributed by atoms with van der Waals surface area (Å²) in [5.41, 5.74) is 2.47. The second-order valence-electron chi connectivity index (χ2n) is 7.94. The number of aryl methyl sites for hydroxylation is 1. The first-order chi connectivity index (χ1) is 15.5. The highest BCUT2D eigenvalue weighted by molar-refractivity contribution is 8.00. The average Bonchev–Trinajstić information content (AvgIpc) is 2.79. The summed E-state index contributed by atoms with van der Waals surface area (Å²) in [6.45, 7) is 7.14. The van der Waals surface area contributed by atoms with E-state index in [1.807, 2.05) is 37.3 Å². The van der Waals surface area contributed by atoms with Gasteiger partial charge in [-0.1, -0.05) is 48.9 Å². The molecule has 0 unspecified atom stereocenters. The Balaban J connectivity index is 2.34. The lowest BCUT2D eigenvalue weighted by Gasteiger charge is -2.27. The number of rotatable bonds is 13. The van der Waals surface area contributed by atoms with Crippen molar-refractivity contribution >= 4 is 17.7 Å². The minimum absolute atomic E-state index is 0.0423. The minimum Gasteiger partial charge on any atom is -0.497 e. The van der Waals surface area contributed by atoms with E-state index < -0.39 is 0 Å². The van der Waals surface area contributed by atoms with Gasteiger partial charge in [-0.2, -0.15) is 0 Å². The highest BCUT2D eigenvalue weighted by Gasteiger charge is 2.32. The molecule has 0 fully saturated rings. The molecule has 0 saturated carbocycles. The van der Waals surface area contributed by atoms with Crippen LogP contribution in [0.15, 0.2) is 71.1 Å². The monoisotopic (exact) mass is 456 g/mol. The van der Waals surface area contributed by atoms with E-state index >= 15 is 0 Å². The van der Waals surface area contributed by atoms with E-state index in [4.69, 9.17) is 14.2 Å². The third-order valence-corrected chi connectivity index (χ3v) is 6.67. The molecule has 0 radical (unpaired) electrons. The van der Waals surface area contributed by atoms with E-state index in [9.17, 15) is 4.79 Å². The zero-order chi connectivity index (χ0) is 23.3. The number of methoxy groups -OCH3 is 2. The molecule has 0 aromatic heterocycles. The Hall–Kier alpha value is -2.24. The van der Waals surface area contributed by atoms with Crippen LogP contribution in [0.3, 0.4) is 0 Å². The molecule has 2 aromatic carbocycles. The minimum atomic E-state index is -0.335. The zero-order valence-corrected chi connectivity index (χ0v) is 20.7. The Labute approximate surface area is 197 Å². The number of carbonyl (C=O) groups excluding carboxylic acids is 1. The first-order valence-corrected chi connectivity index (χ1v) is 12.0. The fraction of sp³-hybridized carbons (Fsp3) is 0.444. The van der Waals surface area contributed by atoms with Crippen molar-refractivity contribution in [1.29, 1.82) is 0 Å². The van der Waals surface area contributed by atoms with E-state index in [1.165, 1.54) is 11.1 Å². The van der Waals surface area contributed by atoms with Crippen LogP contribution in [-0.2, 0) is 20.7 Å². The molecule has 174 valence electrons. The van der Waals surface area contributed by atoms with Gasteiger partial charge in [-0.05, 0) is 62.4 Å². The largest absolute Gasteiger partial charge is 0.497 e. The molecule has 0 aliphatic heterocycles. The van der Waals surface area contributed by atoms with Crippen LogP contribution in [0.2, 0.25) is 0 Å². The van der Waals surface area contributed by atoms with Crippen LogP contribution in [0.25, 0.3) is 0 Å². The SMILES string of the molecule is CCOC(=O)[C@@H](Sc1ccc(OC)cc1)[C@@H](CCc1ccccc1)/C(C)=C/[C@@H](C)COC. The van der Waals surface area contributed by atoms with Crippen molar-refractivity contribution < 1.29 is 19.0 Å². The second kappa shape index (κ2) is 14.0. The number of esters is 1. The summed E-state index contributed by atoms with van der Waals surface area (Å²) in [6, 6.07) is 18.3. The van der Waals surface area contributed by atoms with Gasteiger partial charge < -0.3 is 14.2 Å². The van der Waals surface area contributed by atoms with Crippen molar-refractivity contribution in [3.05, 3.63) is 71.8 Å². The van der Waals surface area contributed by atoms with Gasteiger partial charge in [0.15, 0.2) is 0 Å². The number of carbonyl (C=O) groups is 1. The smallest absolute Gasteiger partial charge is 0.320 e. The summed E-state index contributed by atoms with van der Waals surface area (Å²) in [7, 11) is 3.37. The van der Waals surface area contributed by atoms with E-state index in [2.05, 4.69) is 44.2 Å². The summed E-state index contributed by atoms with van der Waals surface area (Å²) in [5, 5.41) is -0.335. The van der Waals surface area contributed by atoms with Crippen molar-refractivity contribution in [3.8, 4) is 5.75 Å². The van der Waals surface area contributed by atoms with Gasteiger partial charge >= 0.3 is 5.97 Å². The van der Waals surface area contributed by atoms with Crippen LogP contribution >= 0.6 is 11.8 Å². The van der Waals surface area contributed by atoms with Crippen LogP contribution in [-0.4, -0.2) is 38.7 Å². The first kappa shape index (κ1) is 26.0. The normalized spacial score (nSPS) is 14.5. The summed E-state index contributed by atoms with van der Waals surface area (Å²) < 4.78 is 16.1. The highest BCUT2D eigenvalue weighted by Crippen LogP contribution is 2.36. The predicted molar refractivity (Wildman–Crippen MR) is 132 cm³/mol. The molecular weight excluding hydrogens is 420 g/mol. The Morgan fingerprint density at radius 2 is 1.75 bits per heavy atom. The van der Waals surface area contributed by atoms with Gasteiger partial charge in [0, 0.05) is 17.9 Å². The Bertz CT molecular complexity index is 832. The molecule has 0 spiro atoms. The molecule has 0 bridgehead atoms. The number of hydrogen-bond donors (Lipinski definition) is 0. The fourth-order valence-corrected chi connectivity index (χ4v) is 5.05. The lowest BCUT2D eigenvalue weighted by molar-refractivity contribution is -0.143. The third-order valence-electron chi connectivity index (χ3n) is 5.36. The molecule has 4 nitrogen and oxygen atoms in total. The maximum atomic E-state index is 13.1. The highest BCUT2D eigenvalue weighted by atomic mass is 32.2. The Kier molecular flexibility index (Phi) is 11.4. The van der Waals surface area contributed by atoms with Crippen LogP contribution in [0.5, 0.6) is 5.75 Å². The van der Waals surface area contributed by atoms with Crippen molar-refractivity contribution in [2.75, 3.05) is 27.4 Å². The summed E-state index contributed by atoms with van der Waals surface area (Å²) in [6.07, 6.45) is 3.99. The van der Waals surface area contributed by atoms with Crippen molar-refractivity contribution in [2.45, 2.75) is 43.8 Å². The fourth-order valence-electron chi connectivity index (χ4n) is 3.79. The maximum Gasteiger partial charge on any atom is 0.320 e. The maximum absolute atomic E-state index is 13.1. The average molecular weight is 457 g/mol. The number of allylic oxidation sites excluding steroid dienone is 1. The van der Waals surface area contributed by atoms with Crippen molar-refractivity contribution in [2.24, 2.45) is 11.8 Å². The molecule has 3 atom stereocenters. The quantitative estimate of drug-likeness (QED) is 0.204. The summed E-state index contributed by atoms with van der Waals surface area (Å²) >= 11 is 1.57. The van der Waals surface area contributed by atoms with Gasteiger partial charge in [0.05, 0.1) is 20.3 Å². The van der Waals surface area contributed by atoms with Crippen LogP contribution < -0.4 is 4.74 Å². The number of ether oxygens (including phenoxy) is 3. The lowest BCUT2D eigenvalue weighted by Crippen LogP contribution is -2.30. The zero-order valence-electron chi connectivity index (χ0n) is 19.9. The van der Waals surface area contributed by atoms with Gasteiger partial charge in [-0.25, -0.2) is 0 Å². The molecule has 0 saturated heterocycles. The van der Waals surface area contributed by atoms with Crippen LogP contribution in [0.4, 0.5) is 0 Å². The Morgan fingerprint density at radius 1 is 1.06 bits per heavy atom. The van der Waals surface area contributed by atoms with Gasteiger partial charge in [-0.3, -0.25) is 4.79 Å². The standard InChI is InChI=1S/C27H36O4S/c1-6-31-27(28)26(32-24-15-13-23(30-5)14-16-24)25(21(3)18-20(2)19-29-4)17-12-22-10-8-7-9-11-22/h7-11,13-16,18,20,25-26H,6,12,17,19H2,1-5H3/b21-18+/t20-,25+,26+/m1/s1. The van der Waals surface area contributed by atoms with Gasteiger partial charge in [0.25, 0.3) is 0 Å². The topological polar surface area (TPSA) is 44.8 Å². The second-order valence-corrected chi connectivity index (χ2v) is 9.16. The molecule has 0 heterocycles. The molecule has 32 heavy (non-hydrogen) atoms. The van der Waals surface area contributed by atoms with Gasteiger partial charge in [-0.15, -0.1) is 11.8 Å². The lowest BCUT2D eigenvalue weighted by atomic mass is 9.88. The molecular formula is C27H36O4S. The summed E-state index contributed by atoms with van der Waals surface area (Å²) in [5.74, 6) is 0.944.